The molecule has 2 N–H and O–H groups in total. The maximum absolute atomic E-state index is 5.95. The first kappa shape index (κ1) is 21.5. The second kappa shape index (κ2) is 10.5. The maximum Gasteiger partial charge on any atom is 0.246 e. The lowest BCUT2D eigenvalue weighted by atomic mass is 10.1. The summed E-state index contributed by atoms with van der Waals surface area (Å²) < 4.78 is 7.42. The van der Waals surface area contributed by atoms with E-state index in [1.807, 2.05) is 53.2 Å². The number of hydrogen-bond donors (Lipinski definition) is 1. The van der Waals surface area contributed by atoms with Crippen LogP contribution in [0.1, 0.15) is 29.8 Å². The molecule has 0 bridgehead atoms. The number of aromatic nitrogens is 4. The molecule has 32 heavy (non-hydrogen) atoms. The van der Waals surface area contributed by atoms with E-state index in [9.17, 15) is 0 Å². The highest BCUT2D eigenvalue weighted by atomic mass is 32.2. The summed E-state index contributed by atoms with van der Waals surface area (Å²) in [6.07, 6.45) is 6.17. The van der Waals surface area contributed by atoms with Crippen molar-refractivity contribution in [2.24, 2.45) is 15.9 Å². The van der Waals surface area contributed by atoms with Gasteiger partial charge in [0.15, 0.2) is 5.17 Å². The van der Waals surface area contributed by atoms with Crippen LogP contribution >= 0.6 is 11.8 Å². The van der Waals surface area contributed by atoms with Crippen molar-refractivity contribution in [2.45, 2.75) is 25.6 Å². The van der Waals surface area contributed by atoms with Crippen LogP contribution < -0.4 is 5.73 Å². The fraction of sp³-hybridized carbons (Fsp3) is 0.174. The third-order valence-electron chi connectivity index (χ3n) is 4.63. The minimum atomic E-state index is 0.412. The first-order valence-corrected chi connectivity index (χ1v) is 11.2. The lowest BCUT2D eigenvalue weighted by molar-refractivity contribution is 0.370. The van der Waals surface area contributed by atoms with Gasteiger partial charge >= 0.3 is 0 Å². The Labute approximate surface area is 190 Å². The molecule has 0 saturated heterocycles. The Bertz CT molecular complexity index is 1210. The molecule has 0 spiro atoms. The van der Waals surface area contributed by atoms with Gasteiger partial charge in [-0.3, -0.25) is 0 Å². The zero-order valence-electron chi connectivity index (χ0n) is 17.6. The Balaban J connectivity index is 1.38. The van der Waals surface area contributed by atoms with Gasteiger partial charge < -0.3 is 14.8 Å². The van der Waals surface area contributed by atoms with E-state index in [-0.39, 0.29) is 0 Å². The fourth-order valence-electron chi connectivity index (χ4n) is 3.05. The molecule has 9 heteroatoms. The molecule has 0 aliphatic rings. The van der Waals surface area contributed by atoms with E-state index in [0.29, 0.717) is 23.4 Å². The summed E-state index contributed by atoms with van der Waals surface area (Å²) in [6.45, 7) is 2.55. The molecule has 4 aromatic rings. The summed E-state index contributed by atoms with van der Waals surface area (Å²) in [4.78, 5) is 8.82. The van der Waals surface area contributed by atoms with Crippen molar-refractivity contribution in [3.63, 3.8) is 0 Å². The number of thioether (sulfide) groups is 1. The van der Waals surface area contributed by atoms with E-state index < -0.39 is 0 Å². The highest BCUT2D eigenvalue weighted by molar-refractivity contribution is 8.13. The molecule has 2 heterocycles. The minimum Gasteiger partial charge on any atom is -0.377 e. The summed E-state index contributed by atoms with van der Waals surface area (Å²) >= 11 is 1.45. The predicted molar refractivity (Wildman–Crippen MR) is 127 cm³/mol. The molecule has 0 aliphatic heterocycles. The van der Waals surface area contributed by atoms with Crippen molar-refractivity contribution >= 4 is 23.1 Å². The first-order chi connectivity index (χ1) is 15.7. The summed E-state index contributed by atoms with van der Waals surface area (Å²) in [7, 11) is 0. The van der Waals surface area contributed by atoms with Gasteiger partial charge in [0, 0.05) is 30.1 Å². The number of benzene rings is 2. The SMILES string of the molecule is CCc1nccn1Cc1nc(-c2cccc(C=NN=C(N)SCc3ccccc3)c2)no1. The third kappa shape index (κ3) is 5.70. The largest absolute Gasteiger partial charge is 0.377 e. The molecule has 162 valence electrons. The maximum atomic E-state index is 5.95. The van der Waals surface area contributed by atoms with Gasteiger partial charge in [0.25, 0.3) is 0 Å². The molecule has 0 atom stereocenters. The van der Waals surface area contributed by atoms with Gasteiger partial charge in [-0.2, -0.15) is 10.1 Å². The first-order valence-electron chi connectivity index (χ1n) is 10.2. The molecule has 2 aromatic heterocycles. The second-order valence-electron chi connectivity index (χ2n) is 6.92. The Morgan fingerprint density at radius 3 is 2.91 bits per heavy atom. The highest BCUT2D eigenvalue weighted by Gasteiger charge is 2.11. The van der Waals surface area contributed by atoms with Crippen LogP contribution in [-0.4, -0.2) is 31.1 Å². The number of hydrogen-bond acceptors (Lipinski definition) is 7. The van der Waals surface area contributed by atoms with E-state index in [2.05, 4.69) is 44.4 Å². The van der Waals surface area contributed by atoms with Crippen molar-refractivity contribution in [1.82, 2.24) is 19.7 Å². The van der Waals surface area contributed by atoms with E-state index in [4.69, 9.17) is 10.3 Å². The molecule has 0 amide bonds. The third-order valence-corrected chi connectivity index (χ3v) is 5.48. The molecule has 0 aliphatic carbocycles. The summed E-state index contributed by atoms with van der Waals surface area (Å²) in [5, 5.41) is 12.7. The van der Waals surface area contributed by atoms with Crippen LogP contribution in [0.4, 0.5) is 0 Å². The van der Waals surface area contributed by atoms with Crippen molar-refractivity contribution in [2.75, 3.05) is 0 Å². The second-order valence-corrected chi connectivity index (χ2v) is 7.91. The average molecular weight is 446 g/mol. The van der Waals surface area contributed by atoms with Crippen LogP contribution in [0.25, 0.3) is 11.4 Å². The highest BCUT2D eigenvalue weighted by Crippen LogP contribution is 2.18. The molecular formula is C23H23N7OS. The molecule has 0 unspecified atom stereocenters. The van der Waals surface area contributed by atoms with Crippen molar-refractivity contribution < 1.29 is 4.52 Å². The summed E-state index contributed by atoms with van der Waals surface area (Å²) in [5.41, 5.74) is 8.83. The smallest absolute Gasteiger partial charge is 0.246 e. The molecule has 8 nitrogen and oxygen atoms in total. The lowest BCUT2D eigenvalue weighted by Crippen LogP contribution is -2.06. The molecule has 0 fully saturated rings. The monoisotopic (exact) mass is 445 g/mol. The van der Waals surface area contributed by atoms with Gasteiger partial charge in [-0.1, -0.05) is 72.4 Å². The van der Waals surface area contributed by atoms with Gasteiger partial charge in [0.1, 0.15) is 12.4 Å². The Morgan fingerprint density at radius 2 is 2.06 bits per heavy atom. The Morgan fingerprint density at radius 1 is 1.19 bits per heavy atom. The average Bonchev–Trinajstić information content (AvgIpc) is 3.48. The van der Waals surface area contributed by atoms with E-state index >= 15 is 0 Å². The fourth-order valence-corrected chi connectivity index (χ4v) is 3.66. The van der Waals surface area contributed by atoms with E-state index in [1.165, 1.54) is 17.3 Å². The van der Waals surface area contributed by atoms with Crippen molar-refractivity contribution in [3.8, 4) is 11.4 Å². The van der Waals surface area contributed by atoms with Crippen LogP contribution in [0.2, 0.25) is 0 Å². The predicted octanol–water partition coefficient (Wildman–Crippen LogP) is 4.13. The van der Waals surface area contributed by atoms with Crippen LogP contribution in [0.5, 0.6) is 0 Å². The van der Waals surface area contributed by atoms with Crippen LogP contribution in [-0.2, 0) is 18.7 Å². The topological polar surface area (TPSA) is 107 Å². The van der Waals surface area contributed by atoms with E-state index in [0.717, 1.165) is 29.1 Å². The van der Waals surface area contributed by atoms with Crippen LogP contribution in [0.3, 0.4) is 0 Å². The number of rotatable bonds is 8. The quantitative estimate of drug-likeness (QED) is 0.248. The van der Waals surface area contributed by atoms with Crippen LogP contribution in [0.15, 0.2) is 81.7 Å². The van der Waals surface area contributed by atoms with E-state index in [1.54, 1.807) is 12.4 Å². The molecule has 0 saturated carbocycles. The Kier molecular flexibility index (Phi) is 7.08. The van der Waals surface area contributed by atoms with Gasteiger partial charge in [-0.05, 0) is 17.2 Å². The molecular weight excluding hydrogens is 422 g/mol. The van der Waals surface area contributed by atoms with Gasteiger partial charge in [-0.25, -0.2) is 4.98 Å². The number of imidazole rings is 1. The number of nitrogens with zero attached hydrogens (tertiary/aromatic N) is 6. The van der Waals surface area contributed by atoms with Crippen molar-refractivity contribution in [3.05, 3.63) is 89.8 Å². The number of amidine groups is 1. The molecule has 2 aromatic carbocycles. The zero-order chi connectivity index (χ0) is 22.2. The lowest BCUT2D eigenvalue weighted by Gasteiger charge is -2.01. The summed E-state index contributed by atoms with van der Waals surface area (Å²) in [6, 6.07) is 17.8. The Hall–Kier alpha value is -3.72. The minimum absolute atomic E-state index is 0.412. The van der Waals surface area contributed by atoms with Crippen molar-refractivity contribution in [1.29, 1.82) is 0 Å². The normalized spacial score (nSPS) is 12.0. The number of aryl methyl sites for hydroxylation is 1. The van der Waals surface area contributed by atoms with Gasteiger partial charge in [0.05, 0.1) is 6.21 Å². The van der Waals surface area contributed by atoms with Gasteiger partial charge in [-0.15, -0.1) is 5.10 Å². The zero-order valence-corrected chi connectivity index (χ0v) is 18.4. The standard InChI is InChI=1S/C23H23N7OS/c1-2-20-25-11-12-30(20)15-21-27-22(29-31-21)19-10-6-9-18(13-19)14-26-28-23(24)32-16-17-7-4-3-5-8-17/h3-14H,2,15-16H2,1H3,(H2,24,28). The summed E-state index contributed by atoms with van der Waals surface area (Å²) in [5.74, 6) is 2.78. The molecule has 4 rings (SSSR count). The van der Waals surface area contributed by atoms with Gasteiger partial charge in [0.2, 0.25) is 11.7 Å². The number of nitrogens with two attached hydrogens (primary N) is 1. The molecule has 0 radical (unpaired) electrons. The van der Waals surface area contributed by atoms with Crippen LogP contribution in [0, 0.1) is 0 Å².